The van der Waals surface area contributed by atoms with Gasteiger partial charge in [-0.25, -0.2) is 0 Å². The Labute approximate surface area is 121 Å². The van der Waals surface area contributed by atoms with E-state index in [2.05, 4.69) is 5.10 Å². The first-order chi connectivity index (χ1) is 9.40. The summed E-state index contributed by atoms with van der Waals surface area (Å²) in [6.07, 6.45) is 0. The van der Waals surface area contributed by atoms with E-state index in [4.69, 9.17) is 27.8 Å². The number of primary amides is 1. The first-order valence-electron chi connectivity index (χ1n) is 5.90. The summed E-state index contributed by atoms with van der Waals surface area (Å²) in [6, 6.07) is 4.68. The van der Waals surface area contributed by atoms with Crippen LogP contribution in [0.15, 0.2) is 18.2 Å². The lowest BCUT2D eigenvalue weighted by atomic mass is 10.1. The van der Waals surface area contributed by atoms with Crippen LogP contribution in [0.3, 0.4) is 0 Å². The zero-order chi connectivity index (χ0) is 14.9. The Bertz CT molecular complexity index is 667. The highest BCUT2D eigenvalue weighted by Crippen LogP contribution is 2.25. The maximum atomic E-state index is 11.3. The van der Waals surface area contributed by atoms with E-state index in [0.717, 1.165) is 11.3 Å². The average molecular weight is 295 g/mol. The molecule has 0 saturated carbocycles. The Morgan fingerprint density at radius 3 is 2.75 bits per heavy atom. The fourth-order valence-corrected chi connectivity index (χ4v) is 2.08. The van der Waals surface area contributed by atoms with Gasteiger partial charge in [0.15, 0.2) is 0 Å². The maximum absolute atomic E-state index is 11.3. The highest BCUT2D eigenvalue weighted by molar-refractivity contribution is 6.30. The Kier molecular flexibility index (Phi) is 3.85. The van der Waals surface area contributed by atoms with Crippen molar-refractivity contribution in [2.75, 3.05) is 5.73 Å². The molecule has 2 aromatic rings. The summed E-state index contributed by atoms with van der Waals surface area (Å²) in [4.78, 5) is 11.3. The number of amides is 1. The molecule has 106 valence electrons. The molecule has 0 saturated heterocycles. The van der Waals surface area contributed by atoms with Crippen molar-refractivity contribution in [2.24, 2.45) is 12.8 Å². The normalized spacial score (nSPS) is 10.6. The second kappa shape index (κ2) is 5.42. The minimum Gasteiger partial charge on any atom is -0.488 e. The van der Waals surface area contributed by atoms with Gasteiger partial charge in [0.1, 0.15) is 17.5 Å². The van der Waals surface area contributed by atoms with Crippen LogP contribution in [0.5, 0.6) is 5.75 Å². The number of nitrogens with zero attached hydrogens (tertiary/aromatic N) is 2. The Hall–Kier alpha value is -2.21. The molecule has 1 aromatic carbocycles. The van der Waals surface area contributed by atoms with Gasteiger partial charge in [0.25, 0.3) is 5.91 Å². The van der Waals surface area contributed by atoms with Gasteiger partial charge in [-0.05, 0) is 19.1 Å². The molecular weight excluding hydrogens is 280 g/mol. The van der Waals surface area contributed by atoms with E-state index in [9.17, 15) is 4.79 Å². The molecule has 1 heterocycles. The van der Waals surface area contributed by atoms with Crippen LogP contribution in [0.4, 0.5) is 5.69 Å². The van der Waals surface area contributed by atoms with Crippen molar-refractivity contribution in [2.45, 2.75) is 13.5 Å². The third-order valence-corrected chi connectivity index (χ3v) is 3.39. The van der Waals surface area contributed by atoms with E-state index in [0.29, 0.717) is 16.6 Å². The van der Waals surface area contributed by atoms with Crippen LogP contribution < -0.4 is 16.2 Å². The van der Waals surface area contributed by atoms with Crippen molar-refractivity contribution >= 4 is 23.2 Å². The Morgan fingerprint density at radius 1 is 1.50 bits per heavy atom. The molecule has 0 bridgehead atoms. The Morgan fingerprint density at radius 2 is 2.20 bits per heavy atom. The SMILES string of the molecule is Cc1nn(C)c(Cl)c1COc1cc(N)ccc1C(N)=O. The number of carbonyl (C=O) groups is 1. The molecule has 0 fully saturated rings. The maximum Gasteiger partial charge on any atom is 0.252 e. The lowest BCUT2D eigenvalue weighted by molar-refractivity contribution is 0.0996. The number of nitrogens with two attached hydrogens (primary N) is 2. The van der Waals surface area contributed by atoms with Gasteiger partial charge in [-0.3, -0.25) is 9.48 Å². The smallest absolute Gasteiger partial charge is 0.252 e. The summed E-state index contributed by atoms with van der Waals surface area (Å²) in [7, 11) is 1.74. The number of ether oxygens (including phenoxy) is 1. The van der Waals surface area contributed by atoms with Gasteiger partial charge < -0.3 is 16.2 Å². The van der Waals surface area contributed by atoms with E-state index in [-0.39, 0.29) is 12.2 Å². The lowest BCUT2D eigenvalue weighted by Crippen LogP contribution is -2.13. The standard InChI is InChI=1S/C13H15ClN4O2/c1-7-10(12(14)18(2)17-7)6-20-11-5-8(15)3-4-9(11)13(16)19/h3-5H,6,15H2,1-2H3,(H2,16,19). The van der Waals surface area contributed by atoms with Crippen molar-refractivity contribution in [1.82, 2.24) is 9.78 Å². The molecule has 1 amide bonds. The Balaban J connectivity index is 2.27. The fourth-order valence-electron chi connectivity index (χ4n) is 1.85. The number of hydrogen-bond acceptors (Lipinski definition) is 4. The van der Waals surface area contributed by atoms with E-state index in [1.54, 1.807) is 23.9 Å². The number of nitrogen functional groups attached to an aromatic ring is 1. The highest BCUT2D eigenvalue weighted by Gasteiger charge is 2.14. The van der Waals surface area contributed by atoms with Crippen LogP contribution >= 0.6 is 11.6 Å². The fraction of sp³-hybridized carbons (Fsp3) is 0.231. The summed E-state index contributed by atoms with van der Waals surface area (Å²) in [5.41, 5.74) is 13.3. The molecule has 2 rings (SSSR count). The van der Waals surface area contributed by atoms with E-state index < -0.39 is 5.91 Å². The van der Waals surface area contributed by atoms with Crippen LogP contribution in [0.2, 0.25) is 5.15 Å². The molecule has 4 N–H and O–H groups in total. The molecular formula is C13H15ClN4O2. The third-order valence-electron chi connectivity index (χ3n) is 2.91. The highest BCUT2D eigenvalue weighted by atomic mass is 35.5. The molecule has 0 atom stereocenters. The predicted octanol–water partition coefficient (Wildman–Crippen LogP) is 1.64. The van der Waals surface area contributed by atoms with E-state index in [1.165, 1.54) is 6.07 Å². The van der Waals surface area contributed by atoms with Crippen molar-refractivity contribution in [3.8, 4) is 5.75 Å². The summed E-state index contributed by atoms with van der Waals surface area (Å²) < 4.78 is 7.18. The molecule has 0 aliphatic carbocycles. The number of anilines is 1. The van der Waals surface area contributed by atoms with Crippen LogP contribution in [0.25, 0.3) is 0 Å². The minimum absolute atomic E-state index is 0.183. The number of rotatable bonds is 4. The number of hydrogen-bond donors (Lipinski definition) is 2. The molecule has 20 heavy (non-hydrogen) atoms. The summed E-state index contributed by atoms with van der Waals surface area (Å²) in [5, 5.41) is 4.68. The van der Waals surface area contributed by atoms with Crippen molar-refractivity contribution < 1.29 is 9.53 Å². The van der Waals surface area contributed by atoms with Gasteiger partial charge in [-0.1, -0.05) is 11.6 Å². The van der Waals surface area contributed by atoms with Gasteiger partial charge in [0.05, 0.1) is 11.3 Å². The first kappa shape index (κ1) is 14.2. The number of carbonyl (C=O) groups excluding carboxylic acids is 1. The zero-order valence-electron chi connectivity index (χ0n) is 11.2. The van der Waals surface area contributed by atoms with E-state index >= 15 is 0 Å². The number of aromatic nitrogens is 2. The largest absolute Gasteiger partial charge is 0.488 e. The van der Waals surface area contributed by atoms with Gasteiger partial charge in [0, 0.05) is 24.4 Å². The van der Waals surface area contributed by atoms with Crippen LogP contribution in [-0.2, 0) is 13.7 Å². The third kappa shape index (κ3) is 2.70. The van der Waals surface area contributed by atoms with Crippen LogP contribution in [0.1, 0.15) is 21.6 Å². The number of benzene rings is 1. The van der Waals surface area contributed by atoms with E-state index in [1.807, 2.05) is 6.92 Å². The van der Waals surface area contributed by atoms with Crippen molar-refractivity contribution in [3.63, 3.8) is 0 Å². The molecule has 0 spiro atoms. The predicted molar refractivity (Wildman–Crippen MR) is 76.7 cm³/mol. The summed E-state index contributed by atoms with van der Waals surface area (Å²) in [6.45, 7) is 2.02. The zero-order valence-corrected chi connectivity index (χ0v) is 11.9. The quantitative estimate of drug-likeness (QED) is 0.838. The number of halogens is 1. The van der Waals surface area contributed by atoms with Crippen LogP contribution in [-0.4, -0.2) is 15.7 Å². The monoisotopic (exact) mass is 294 g/mol. The average Bonchev–Trinajstić information content (AvgIpc) is 2.61. The second-order valence-corrected chi connectivity index (χ2v) is 4.74. The second-order valence-electron chi connectivity index (χ2n) is 4.39. The van der Waals surface area contributed by atoms with Crippen molar-refractivity contribution in [1.29, 1.82) is 0 Å². The molecule has 0 radical (unpaired) electrons. The molecule has 0 aliphatic rings. The van der Waals surface area contributed by atoms with Crippen molar-refractivity contribution in [3.05, 3.63) is 40.2 Å². The molecule has 7 heteroatoms. The lowest BCUT2D eigenvalue weighted by Gasteiger charge is -2.10. The number of aryl methyl sites for hydroxylation is 2. The minimum atomic E-state index is -0.575. The summed E-state index contributed by atoms with van der Waals surface area (Å²) >= 11 is 6.12. The topological polar surface area (TPSA) is 96.2 Å². The van der Waals surface area contributed by atoms with Crippen LogP contribution in [0, 0.1) is 6.92 Å². The first-order valence-corrected chi connectivity index (χ1v) is 6.28. The van der Waals surface area contributed by atoms with Gasteiger partial charge >= 0.3 is 0 Å². The summed E-state index contributed by atoms with van der Waals surface area (Å²) in [5.74, 6) is -0.245. The van der Waals surface area contributed by atoms with Gasteiger partial charge in [-0.15, -0.1) is 0 Å². The molecule has 0 aliphatic heterocycles. The van der Waals surface area contributed by atoms with Gasteiger partial charge in [-0.2, -0.15) is 5.10 Å². The molecule has 1 aromatic heterocycles. The van der Waals surface area contributed by atoms with Gasteiger partial charge in [0.2, 0.25) is 0 Å². The molecule has 0 unspecified atom stereocenters. The molecule has 6 nitrogen and oxygen atoms in total.